The Balaban J connectivity index is 1.51. The largest absolute Gasteiger partial charge is 0.325 e. The first kappa shape index (κ1) is 19.4. The minimum absolute atomic E-state index is 0.107. The number of para-hydroxylation sites is 1. The fraction of sp³-hybridized carbons (Fsp3) is 0.350. The van der Waals surface area contributed by atoms with Gasteiger partial charge in [0.1, 0.15) is 0 Å². The molecule has 1 N–H and O–H groups in total. The zero-order chi connectivity index (χ0) is 19.3. The van der Waals surface area contributed by atoms with Crippen LogP contribution >= 0.6 is 0 Å². The van der Waals surface area contributed by atoms with Crippen LogP contribution in [0.15, 0.2) is 65.6 Å². The number of hydrogen-bond acceptors (Lipinski definition) is 3. The Morgan fingerprint density at radius 3 is 2.19 bits per heavy atom. The predicted molar refractivity (Wildman–Crippen MR) is 106 cm³/mol. The normalized spacial score (nSPS) is 15.7. The van der Waals surface area contributed by atoms with Crippen molar-refractivity contribution >= 4 is 21.7 Å². The van der Waals surface area contributed by atoms with Crippen LogP contribution in [-0.2, 0) is 10.0 Å². The van der Waals surface area contributed by atoms with Crippen molar-refractivity contribution in [2.45, 2.75) is 17.7 Å². The van der Waals surface area contributed by atoms with Crippen molar-refractivity contribution in [1.82, 2.24) is 9.21 Å². The summed E-state index contributed by atoms with van der Waals surface area (Å²) >= 11 is 0. The second kappa shape index (κ2) is 8.54. The second-order valence-corrected chi connectivity index (χ2v) is 8.87. The number of urea groups is 1. The molecule has 0 atom stereocenters. The predicted octanol–water partition coefficient (Wildman–Crippen LogP) is 3.25. The number of rotatable bonds is 5. The van der Waals surface area contributed by atoms with Gasteiger partial charge in [-0.3, -0.25) is 0 Å². The maximum atomic E-state index is 12.6. The summed E-state index contributed by atoms with van der Waals surface area (Å²) in [5.41, 5.74) is 0.776. The molecule has 1 aliphatic rings. The molecule has 6 nitrogen and oxygen atoms in total. The average molecular weight is 388 g/mol. The van der Waals surface area contributed by atoms with Crippen LogP contribution < -0.4 is 5.32 Å². The number of anilines is 1. The molecule has 0 spiro atoms. The van der Waals surface area contributed by atoms with Crippen LogP contribution in [-0.4, -0.2) is 50.3 Å². The number of sulfonamides is 1. The van der Waals surface area contributed by atoms with Gasteiger partial charge >= 0.3 is 6.03 Å². The molecule has 7 heteroatoms. The molecule has 1 aliphatic heterocycles. The molecular formula is C20H25N3O3S. The zero-order valence-electron chi connectivity index (χ0n) is 15.4. The van der Waals surface area contributed by atoms with Crippen molar-refractivity contribution in [1.29, 1.82) is 0 Å². The van der Waals surface area contributed by atoms with Gasteiger partial charge in [0, 0.05) is 32.4 Å². The molecule has 0 aliphatic carbocycles. The average Bonchev–Trinajstić information content (AvgIpc) is 2.70. The van der Waals surface area contributed by atoms with E-state index >= 15 is 0 Å². The molecule has 2 aromatic rings. The molecule has 2 amide bonds. The number of benzene rings is 2. The van der Waals surface area contributed by atoms with Crippen LogP contribution in [0.2, 0.25) is 0 Å². The quantitative estimate of drug-likeness (QED) is 0.856. The minimum atomic E-state index is -3.47. The SMILES string of the molecule is CN(CC1CCN(C(=O)Nc2ccccc2)CC1)S(=O)(=O)c1ccccc1. The highest BCUT2D eigenvalue weighted by Gasteiger charge is 2.27. The van der Waals surface area contributed by atoms with Gasteiger partial charge in [0.05, 0.1) is 4.90 Å². The Hall–Kier alpha value is -2.38. The number of piperidine rings is 1. The van der Waals surface area contributed by atoms with E-state index in [9.17, 15) is 13.2 Å². The van der Waals surface area contributed by atoms with E-state index in [-0.39, 0.29) is 11.9 Å². The number of amides is 2. The van der Waals surface area contributed by atoms with Gasteiger partial charge in [0.2, 0.25) is 10.0 Å². The molecule has 1 saturated heterocycles. The summed E-state index contributed by atoms with van der Waals surface area (Å²) in [5.74, 6) is 0.245. The summed E-state index contributed by atoms with van der Waals surface area (Å²) in [7, 11) is -1.85. The van der Waals surface area contributed by atoms with Crippen LogP contribution in [0.1, 0.15) is 12.8 Å². The van der Waals surface area contributed by atoms with Crippen molar-refractivity contribution < 1.29 is 13.2 Å². The first-order valence-electron chi connectivity index (χ1n) is 9.09. The second-order valence-electron chi connectivity index (χ2n) is 6.83. The van der Waals surface area contributed by atoms with E-state index in [0.717, 1.165) is 18.5 Å². The molecule has 0 saturated carbocycles. The third kappa shape index (κ3) is 4.87. The lowest BCUT2D eigenvalue weighted by Crippen LogP contribution is -2.43. The van der Waals surface area contributed by atoms with Crippen LogP contribution in [0.25, 0.3) is 0 Å². The van der Waals surface area contributed by atoms with E-state index in [4.69, 9.17) is 0 Å². The van der Waals surface area contributed by atoms with Crippen LogP contribution in [0, 0.1) is 5.92 Å². The highest BCUT2D eigenvalue weighted by Crippen LogP contribution is 2.22. The Labute approximate surface area is 160 Å². The molecule has 3 rings (SSSR count). The third-order valence-electron chi connectivity index (χ3n) is 4.89. The van der Waals surface area contributed by atoms with Gasteiger partial charge in [-0.05, 0) is 43.0 Å². The van der Waals surface area contributed by atoms with E-state index < -0.39 is 10.0 Å². The van der Waals surface area contributed by atoms with Gasteiger partial charge in [0.15, 0.2) is 0 Å². The lowest BCUT2D eigenvalue weighted by Gasteiger charge is -2.33. The molecule has 0 unspecified atom stereocenters. The molecule has 144 valence electrons. The van der Waals surface area contributed by atoms with Crippen molar-refractivity contribution in [3.63, 3.8) is 0 Å². The summed E-state index contributed by atoms with van der Waals surface area (Å²) in [6.07, 6.45) is 1.58. The van der Waals surface area contributed by atoms with Gasteiger partial charge in [-0.1, -0.05) is 36.4 Å². The maximum absolute atomic E-state index is 12.6. The molecule has 0 bridgehead atoms. The van der Waals surface area contributed by atoms with E-state index in [1.54, 1.807) is 42.3 Å². The monoisotopic (exact) mass is 387 g/mol. The molecule has 1 heterocycles. The number of nitrogens with zero attached hydrogens (tertiary/aromatic N) is 2. The van der Waals surface area contributed by atoms with E-state index in [1.807, 2.05) is 30.3 Å². The highest BCUT2D eigenvalue weighted by atomic mass is 32.2. The first-order chi connectivity index (χ1) is 13.0. The lowest BCUT2D eigenvalue weighted by molar-refractivity contribution is 0.176. The summed E-state index contributed by atoms with van der Waals surface area (Å²) in [6.45, 7) is 1.72. The van der Waals surface area contributed by atoms with Crippen molar-refractivity contribution in [3.05, 3.63) is 60.7 Å². The summed E-state index contributed by atoms with van der Waals surface area (Å²) in [5, 5.41) is 2.89. The van der Waals surface area contributed by atoms with Gasteiger partial charge in [0.25, 0.3) is 0 Å². The van der Waals surface area contributed by atoms with Crippen LogP contribution in [0.5, 0.6) is 0 Å². The van der Waals surface area contributed by atoms with Gasteiger partial charge < -0.3 is 10.2 Å². The minimum Gasteiger partial charge on any atom is -0.325 e. The Morgan fingerprint density at radius 1 is 1.04 bits per heavy atom. The number of nitrogens with one attached hydrogen (secondary N) is 1. The Morgan fingerprint density at radius 2 is 1.59 bits per heavy atom. The topological polar surface area (TPSA) is 69.7 Å². The standard InChI is InChI=1S/C20H25N3O3S/c1-22(27(25,26)19-10-6-3-7-11-19)16-17-12-14-23(15-13-17)20(24)21-18-8-4-2-5-9-18/h2-11,17H,12-16H2,1H3,(H,21,24). The number of carbonyl (C=O) groups is 1. The van der Waals surface area contributed by atoms with Crippen molar-refractivity contribution in [2.24, 2.45) is 5.92 Å². The van der Waals surface area contributed by atoms with E-state index in [1.165, 1.54) is 4.31 Å². The molecule has 27 heavy (non-hydrogen) atoms. The first-order valence-corrected chi connectivity index (χ1v) is 10.5. The smallest absolute Gasteiger partial charge is 0.321 e. The van der Waals surface area contributed by atoms with Crippen molar-refractivity contribution in [3.8, 4) is 0 Å². The molecule has 0 radical (unpaired) electrons. The summed E-state index contributed by atoms with van der Waals surface area (Å²) in [4.78, 5) is 14.4. The Kier molecular flexibility index (Phi) is 6.13. The highest BCUT2D eigenvalue weighted by molar-refractivity contribution is 7.89. The maximum Gasteiger partial charge on any atom is 0.321 e. The molecule has 1 fully saturated rings. The number of likely N-dealkylation sites (tertiary alicyclic amines) is 1. The van der Waals surface area contributed by atoms with Crippen molar-refractivity contribution in [2.75, 3.05) is 32.0 Å². The van der Waals surface area contributed by atoms with Gasteiger partial charge in [-0.25, -0.2) is 17.5 Å². The third-order valence-corrected chi connectivity index (χ3v) is 6.73. The fourth-order valence-corrected chi connectivity index (χ4v) is 4.54. The van der Waals surface area contributed by atoms with Crippen LogP contribution in [0.4, 0.5) is 10.5 Å². The number of hydrogen-bond donors (Lipinski definition) is 1. The van der Waals surface area contributed by atoms with Gasteiger partial charge in [-0.2, -0.15) is 0 Å². The molecule has 0 aromatic heterocycles. The van der Waals surface area contributed by atoms with E-state index in [0.29, 0.717) is 24.5 Å². The summed E-state index contributed by atoms with van der Waals surface area (Å²) < 4.78 is 26.7. The molecular weight excluding hydrogens is 362 g/mol. The summed E-state index contributed by atoms with van der Waals surface area (Å²) in [6, 6.07) is 17.7. The van der Waals surface area contributed by atoms with Crippen LogP contribution in [0.3, 0.4) is 0 Å². The lowest BCUT2D eigenvalue weighted by atomic mass is 9.97. The number of carbonyl (C=O) groups excluding carboxylic acids is 1. The van der Waals surface area contributed by atoms with E-state index in [2.05, 4.69) is 5.32 Å². The molecule has 2 aromatic carbocycles. The van der Waals surface area contributed by atoms with Gasteiger partial charge in [-0.15, -0.1) is 0 Å². The fourth-order valence-electron chi connectivity index (χ4n) is 3.28. The zero-order valence-corrected chi connectivity index (χ0v) is 16.2. The Bertz CT molecular complexity index is 849.